The van der Waals surface area contributed by atoms with Gasteiger partial charge in [-0.25, -0.2) is 4.98 Å². The number of aromatic nitrogens is 7. The Balaban J connectivity index is 2.06. The summed E-state index contributed by atoms with van der Waals surface area (Å²) >= 11 is 0. The van der Waals surface area contributed by atoms with Crippen LogP contribution in [-0.4, -0.2) is 35.2 Å². The Morgan fingerprint density at radius 1 is 1.06 bits per heavy atom. The maximum absolute atomic E-state index is 4.40. The largest absolute Gasteiger partial charge is 0.261 e. The standard InChI is InChI=1S/C10H7N7/c1-2-8(9-6-11-4-5-12-9)14-10(3-1)17-7-13-15-16-17/h1-7H. The highest BCUT2D eigenvalue weighted by Crippen LogP contribution is 2.13. The molecule has 0 atom stereocenters. The van der Waals surface area contributed by atoms with Crippen molar-refractivity contribution >= 4 is 0 Å². The van der Waals surface area contributed by atoms with E-state index in [-0.39, 0.29) is 0 Å². The average molecular weight is 225 g/mol. The maximum atomic E-state index is 4.40. The van der Waals surface area contributed by atoms with Gasteiger partial charge in [-0.15, -0.1) is 5.10 Å². The summed E-state index contributed by atoms with van der Waals surface area (Å²) in [5, 5.41) is 10.9. The molecule has 0 N–H and O–H groups in total. The fraction of sp³-hybridized carbons (Fsp3) is 0. The summed E-state index contributed by atoms with van der Waals surface area (Å²) in [5.74, 6) is 0.637. The molecule has 0 saturated heterocycles. The Morgan fingerprint density at radius 3 is 2.82 bits per heavy atom. The molecule has 0 aliphatic heterocycles. The van der Waals surface area contributed by atoms with E-state index in [1.807, 2.05) is 18.2 Å². The lowest BCUT2D eigenvalue weighted by Gasteiger charge is -2.01. The highest BCUT2D eigenvalue weighted by Gasteiger charge is 2.04. The molecule has 0 unspecified atom stereocenters. The molecule has 17 heavy (non-hydrogen) atoms. The van der Waals surface area contributed by atoms with Gasteiger partial charge in [-0.05, 0) is 22.6 Å². The minimum atomic E-state index is 0.637. The van der Waals surface area contributed by atoms with Crippen LogP contribution in [0.1, 0.15) is 0 Å². The van der Waals surface area contributed by atoms with E-state index in [4.69, 9.17) is 0 Å². The molecule has 7 nitrogen and oxygen atoms in total. The molecule has 0 aliphatic carbocycles. The van der Waals surface area contributed by atoms with Gasteiger partial charge in [0.05, 0.1) is 11.9 Å². The molecule has 0 radical (unpaired) electrons. The van der Waals surface area contributed by atoms with E-state index in [1.165, 1.54) is 11.0 Å². The first-order valence-electron chi connectivity index (χ1n) is 4.90. The van der Waals surface area contributed by atoms with Crippen LogP contribution in [0.2, 0.25) is 0 Å². The normalized spacial score (nSPS) is 10.4. The second-order valence-electron chi connectivity index (χ2n) is 3.23. The highest BCUT2D eigenvalue weighted by molar-refractivity contribution is 5.53. The van der Waals surface area contributed by atoms with Gasteiger partial charge in [0, 0.05) is 12.4 Å². The van der Waals surface area contributed by atoms with Gasteiger partial charge in [0.15, 0.2) is 5.82 Å². The molecular formula is C10H7N7. The molecule has 3 rings (SSSR count). The van der Waals surface area contributed by atoms with Crippen molar-refractivity contribution in [2.45, 2.75) is 0 Å². The third kappa shape index (κ3) is 1.85. The van der Waals surface area contributed by atoms with Crippen LogP contribution in [0.5, 0.6) is 0 Å². The third-order valence-electron chi connectivity index (χ3n) is 2.14. The minimum Gasteiger partial charge on any atom is -0.261 e. The summed E-state index contributed by atoms with van der Waals surface area (Å²) in [7, 11) is 0. The van der Waals surface area contributed by atoms with Gasteiger partial charge in [-0.1, -0.05) is 6.07 Å². The summed E-state index contributed by atoms with van der Waals surface area (Å²) in [4.78, 5) is 12.6. The molecule has 3 aromatic heterocycles. The summed E-state index contributed by atoms with van der Waals surface area (Å²) in [6, 6.07) is 5.54. The van der Waals surface area contributed by atoms with Crippen molar-refractivity contribution in [3.05, 3.63) is 43.1 Å². The lowest BCUT2D eigenvalue weighted by molar-refractivity contribution is 0.771. The second-order valence-corrected chi connectivity index (χ2v) is 3.23. The number of hydrogen-bond acceptors (Lipinski definition) is 6. The average Bonchev–Trinajstić information content (AvgIpc) is 2.94. The van der Waals surface area contributed by atoms with Crippen molar-refractivity contribution in [3.8, 4) is 17.2 Å². The zero-order chi connectivity index (χ0) is 11.5. The van der Waals surface area contributed by atoms with E-state index in [0.29, 0.717) is 11.5 Å². The van der Waals surface area contributed by atoms with E-state index >= 15 is 0 Å². The Labute approximate surface area is 96.2 Å². The maximum Gasteiger partial charge on any atom is 0.157 e. The van der Waals surface area contributed by atoms with Crippen LogP contribution < -0.4 is 0 Å². The van der Waals surface area contributed by atoms with E-state index in [9.17, 15) is 0 Å². The second kappa shape index (κ2) is 4.05. The third-order valence-corrected chi connectivity index (χ3v) is 2.14. The molecule has 3 aromatic rings. The van der Waals surface area contributed by atoms with Crippen LogP contribution >= 0.6 is 0 Å². The molecule has 0 amide bonds. The summed E-state index contributed by atoms with van der Waals surface area (Å²) < 4.78 is 1.49. The lowest BCUT2D eigenvalue weighted by atomic mass is 10.3. The molecular weight excluding hydrogens is 218 g/mol. The Hall–Kier alpha value is -2.70. The number of hydrogen-bond donors (Lipinski definition) is 0. The molecule has 3 heterocycles. The Kier molecular flexibility index (Phi) is 2.27. The predicted molar refractivity (Wildman–Crippen MR) is 58.0 cm³/mol. The summed E-state index contributed by atoms with van der Waals surface area (Å²) in [6.07, 6.45) is 6.39. The molecule has 0 saturated carbocycles. The number of pyridine rings is 1. The Morgan fingerprint density at radius 2 is 2.06 bits per heavy atom. The van der Waals surface area contributed by atoms with E-state index in [2.05, 4.69) is 30.5 Å². The van der Waals surface area contributed by atoms with Crippen LogP contribution in [0.15, 0.2) is 43.1 Å². The molecule has 0 spiro atoms. The van der Waals surface area contributed by atoms with Crippen molar-refractivity contribution in [2.75, 3.05) is 0 Å². The summed E-state index contributed by atoms with van der Waals surface area (Å²) in [5.41, 5.74) is 1.44. The molecule has 7 heteroatoms. The van der Waals surface area contributed by atoms with Gasteiger partial charge < -0.3 is 0 Å². The van der Waals surface area contributed by atoms with E-state index in [1.54, 1.807) is 18.6 Å². The van der Waals surface area contributed by atoms with Crippen molar-refractivity contribution in [1.29, 1.82) is 0 Å². The van der Waals surface area contributed by atoms with E-state index in [0.717, 1.165) is 5.69 Å². The first-order chi connectivity index (χ1) is 8.43. The smallest absolute Gasteiger partial charge is 0.157 e. The monoisotopic (exact) mass is 225 g/mol. The van der Waals surface area contributed by atoms with Gasteiger partial charge in [0.1, 0.15) is 12.0 Å². The number of nitrogens with zero attached hydrogens (tertiary/aromatic N) is 7. The highest BCUT2D eigenvalue weighted by atomic mass is 15.5. The fourth-order valence-electron chi connectivity index (χ4n) is 1.39. The van der Waals surface area contributed by atoms with Crippen molar-refractivity contribution in [3.63, 3.8) is 0 Å². The quantitative estimate of drug-likeness (QED) is 0.632. The van der Waals surface area contributed by atoms with E-state index < -0.39 is 0 Å². The van der Waals surface area contributed by atoms with Crippen molar-refractivity contribution < 1.29 is 0 Å². The van der Waals surface area contributed by atoms with Crippen molar-refractivity contribution in [2.24, 2.45) is 0 Å². The minimum absolute atomic E-state index is 0.637. The molecule has 0 bridgehead atoms. The summed E-state index contributed by atoms with van der Waals surface area (Å²) in [6.45, 7) is 0. The van der Waals surface area contributed by atoms with Gasteiger partial charge in [-0.2, -0.15) is 4.68 Å². The predicted octanol–water partition coefficient (Wildman–Crippen LogP) is 0.514. The van der Waals surface area contributed by atoms with Crippen LogP contribution in [0.4, 0.5) is 0 Å². The SMILES string of the molecule is c1cc(-c2cnccn2)nc(-n2cnnn2)c1. The van der Waals surface area contributed by atoms with Crippen LogP contribution in [-0.2, 0) is 0 Å². The first-order valence-corrected chi connectivity index (χ1v) is 4.90. The Bertz CT molecular complexity index is 606. The molecule has 0 fully saturated rings. The molecule has 0 aliphatic rings. The van der Waals surface area contributed by atoms with Crippen molar-refractivity contribution in [1.82, 2.24) is 35.2 Å². The molecule has 0 aromatic carbocycles. The number of tetrazole rings is 1. The lowest BCUT2D eigenvalue weighted by Crippen LogP contribution is -1.99. The van der Waals surface area contributed by atoms with Gasteiger partial charge >= 0.3 is 0 Å². The molecule has 82 valence electrons. The van der Waals surface area contributed by atoms with Crippen LogP contribution in [0.3, 0.4) is 0 Å². The first kappa shape index (κ1) is 9.52. The topological polar surface area (TPSA) is 82.3 Å². The zero-order valence-corrected chi connectivity index (χ0v) is 8.67. The zero-order valence-electron chi connectivity index (χ0n) is 8.67. The van der Waals surface area contributed by atoms with Gasteiger partial charge in [-0.3, -0.25) is 9.97 Å². The van der Waals surface area contributed by atoms with Gasteiger partial charge in [0.2, 0.25) is 0 Å². The fourth-order valence-corrected chi connectivity index (χ4v) is 1.39. The van der Waals surface area contributed by atoms with Crippen LogP contribution in [0, 0.1) is 0 Å². The number of rotatable bonds is 2. The van der Waals surface area contributed by atoms with Crippen LogP contribution in [0.25, 0.3) is 17.2 Å². The van der Waals surface area contributed by atoms with Gasteiger partial charge in [0.25, 0.3) is 0 Å².